The van der Waals surface area contributed by atoms with E-state index in [-0.39, 0.29) is 22.9 Å². The number of urea groups is 1. The van der Waals surface area contributed by atoms with Gasteiger partial charge in [0.15, 0.2) is 11.6 Å². The Hall–Kier alpha value is -4.73. The minimum atomic E-state index is -0.648. The lowest BCUT2D eigenvalue weighted by Crippen LogP contribution is -2.32. The van der Waals surface area contributed by atoms with Crippen molar-refractivity contribution in [1.29, 1.82) is 0 Å². The van der Waals surface area contributed by atoms with Gasteiger partial charge in [-0.3, -0.25) is 14.7 Å². The van der Waals surface area contributed by atoms with Crippen molar-refractivity contribution in [2.45, 2.75) is 12.8 Å². The van der Waals surface area contributed by atoms with Crippen LogP contribution >= 0.6 is 0 Å². The lowest BCUT2D eigenvalue weighted by Gasteiger charge is -2.16. The predicted octanol–water partition coefficient (Wildman–Crippen LogP) is 5.15. The minimum Gasteiger partial charge on any atom is -0.454 e. The van der Waals surface area contributed by atoms with Crippen LogP contribution in [0, 0.1) is 5.82 Å². The van der Waals surface area contributed by atoms with E-state index in [4.69, 9.17) is 4.74 Å². The molecule has 2 N–H and O–H groups in total. The molecule has 0 spiro atoms. The number of carbonyl (C=O) groups excluding carboxylic acids is 1. The number of nitrogens with one attached hydrogen (secondary N) is 2. The lowest BCUT2D eigenvalue weighted by molar-refractivity contribution is 0.222. The number of pyridine rings is 1. The van der Waals surface area contributed by atoms with E-state index in [0.29, 0.717) is 36.2 Å². The van der Waals surface area contributed by atoms with Crippen molar-refractivity contribution >= 4 is 23.5 Å². The van der Waals surface area contributed by atoms with Gasteiger partial charge in [-0.15, -0.1) is 0 Å². The third-order valence-electron chi connectivity index (χ3n) is 6.03. The van der Waals surface area contributed by atoms with E-state index in [1.54, 1.807) is 24.1 Å². The summed E-state index contributed by atoms with van der Waals surface area (Å²) in [5.74, 6) is 0.313. The topological polar surface area (TPSA) is 101 Å². The Morgan fingerprint density at radius 3 is 2.57 bits per heavy atom. The molecule has 10 heteroatoms. The van der Waals surface area contributed by atoms with Crippen LogP contribution in [0.4, 0.5) is 26.6 Å². The molecule has 0 aliphatic carbocycles. The number of rotatable bonds is 6. The summed E-state index contributed by atoms with van der Waals surface area (Å²) in [4.78, 5) is 35.5. The number of amides is 2. The molecule has 2 amide bonds. The second kappa shape index (κ2) is 10.5. The normalized spacial score (nSPS) is 12.9. The molecule has 5 rings (SSSR count). The molecule has 3 heterocycles. The number of para-hydroxylation sites is 1. The number of aromatic nitrogens is 3. The van der Waals surface area contributed by atoms with Gasteiger partial charge in [0.2, 0.25) is 5.95 Å². The number of ether oxygens (including phenoxy) is 1. The van der Waals surface area contributed by atoms with Gasteiger partial charge in [-0.25, -0.2) is 19.2 Å². The molecule has 0 bridgehead atoms. The van der Waals surface area contributed by atoms with E-state index in [1.165, 1.54) is 35.2 Å². The van der Waals surface area contributed by atoms with Crippen molar-refractivity contribution in [2.24, 2.45) is 7.05 Å². The average molecular weight is 501 g/mol. The second-order valence-corrected chi connectivity index (χ2v) is 8.60. The molecular weight excluding hydrogens is 475 g/mol. The second-order valence-electron chi connectivity index (χ2n) is 8.60. The molecule has 1 aliphatic heterocycles. The van der Waals surface area contributed by atoms with Crippen LogP contribution < -0.4 is 20.9 Å². The summed E-state index contributed by atoms with van der Waals surface area (Å²) in [6.45, 7) is 1.43. The van der Waals surface area contributed by atoms with Crippen molar-refractivity contribution in [3.05, 3.63) is 89.2 Å². The molecule has 0 atom stereocenters. The quantitative estimate of drug-likeness (QED) is 0.380. The molecule has 9 nitrogen and oxygen atoms in total. The molecule has 0 radical (unpaired) electrons. The fourth-order valence-electron chi connectivity index (χ4n) is 4.04. The number of benzene rings is 2. The van der Waals surface area contributed by atoms with Gasteiger partial charge in [0, 0.05) is 44.3 Å². The van der Waals surface area contributed by atoms with E-state index in [1.807, 2.05) is 30.3 Å². The molecule has 4 aromatic rings. The van der Waals surface area contributed by atoms with E-state index >= 15 is 0 Å². The summed E-state index contributed by atoms with van der Waals surface area (Å²) in [5, 5.41) is 5.83. The molecule has 2 aromatic carbocycles. The highest BCUT2D eigenvalue weighted by Crippen LogP contribution is 2.29. The predicted molar refractivity (Wildman–Crippen MR) is 139 cm³/mol. The average Bonchev–Trinajstić information content (AvgIpc) is 3.45. The Kier molecular flexibility index (Phi) is 6.80. The van der Waals surface area contributed by atoms with E-state index in [9.17, 15) is 14.0 Å². The maximum absolute atomic E-state index is 15.0. The monoisotopic (exact) mass is 500 g/mol. The van der Waals surface area contributed by atoms with Gasteiger partial charge in [0.25, 0.3) is 5.56 Å². The lowest BCUT2D eigenvalue weighted by atomic mass is 10.1. The Bertz CT molecular complexity index is 1490. The fraction of sp³-hybridized carbons (Fsp3) is 0.185. The molecule has 0 unspecified atom stereocenters. The van der Waals surface area contributed by atoms with Crippen LogP contribution in [-0.2, 0) is 7.05 Å². The van der Waals surface area contributed by atoms with Crippen LogP contribution in [0.25, 0.3) is 11.1 Å². The van der Waals surface area contributed by atoms with Crippen molar-refractivity contribution in [3.63, 3.8) is 0 Å². The zero-order valence-electron chi connectivity index (χ0n) is 20.1. The molecule has 2 aromatic heterocycles. The van der Waals surface area contributed by atoms with Crippen LogP contribution in [0.3, 0.4) is 0 Å². The van der Waals surface area contributed by atoms with Gasteiger partial charge in [0.1, 0.15) is 11.6 Å². The first-order valence-electron chi connectivity index (χ1n) is 11.9. The van der Waals surface area contributed by atoms with Crippen LogP contribution in [0.1, 0.15) is 12.8 Å². The number of hydrogen-bond donors (Lipinski definition) is 2. The van der Waals surface area contributed by atoms with Crippen molar-refractivity contribution in [2.75, 3.05) is 23.7 Å². The van der Waals surface area contributed by atoms with E-state index in [2.05, 4.69) is 20.6 Å². The molecule has 1 saturated heterocycles. The summed E-state index contributed by atoms with van der Waals surface area (Å²) in [5.41, 5.74) is 1.09. The van der Waals surface area contributed by atoms with Crippen LogP contribution in [0.15, 0.2) is 77.9 Å². The summed E-state index contributed by atoms with van der Waals surface area (Å²) in [6.07, 6.45) is 4.86. The van der Waals surface area contributed by atoms with Gasteiger partial charge >= 0.3 is 6.03 Å². The smallest absolute Gasteiger partial charge is 0.323 e. The third kappa shape index (κ3) is 5.43. The Morgan fingerprint density at radius 1 is 1.03 bits per heavy atom. The maximum atomic E-state index is 15.0. The number of likely N-dealkylation sites (tertiary alicyclic amines) is 1. The van der Waals surface area contributed by atoms with E-state index in [0.717, 1.165) is 18.5 Å². The highest BCUT2D eigenvalue weighted by atomic mass is 19.1. The summed E-state index contributed by atoms with van der Waals surface area (Å²) < 4.78 is 22.0. The fourth-order valence-corrected chi connectivity index (χ4v) is 4.04. The van der Waals surface area contributed by atoms with Crippen LogP contribution in [0.2, 0.25) is 0 Å². The maximum Gasteiger partial charge on any atom is 0.323 e. The Labute approximate surface area is 212 Å². The molecule has 188 valence electrons. The first kappa shape index (κ1) is 24.0. The van der Waals surface area contributed by atoms with Gasteiger partial charge in [0.05, 0.1) is 5.56 Å². The number of hydrogen-bond acceptors (Lipinski definition) is 6. The number of nitrogens with zero attached hydrogens (tertiary/aromatic N) is 4. The van der Waals surface area contributed by atoms with Crippen LogP contribution in [-0.4, -0.2) is 38.6 Å². The SMILES string of the molecule is Cn1c(Nc2ccccc2)ncc(-c2ccc(Oc3ccnc(NC(=O)N4CCCC4)c3)c(F)c2)c1=O. The van der Waals surface area contributed by atoms with E-state index < -0.39 is 5.82 Å². The zero-order chi connectivity index (χ0) is 25.8. The summed E-state index contributed by atoms with van der Waals surface area (Å²) in [6, 6.07) is 16.5. The Balaban J connectivity index is 1.31. The molecular formula is C27H25FN6O3. The first-order chi connectivity index (χ1) is 18.0. The number of halogens is 1. The number of anilines is 3. The standard InChI is InChI=1S/C27H25FN6O3/c1-33-25(35)21(17-30-26(33)31-19-7-3-2-4-8-19)18-9-10-23(22(28)15-18)37-20-11-12-29-24(16-20)32-27(36)34-13-5-6-14-34/h2-4,7-12,15-17H,5-6,13-14H2,1H3,(H,30,31)(H,29,32,36). The Morgan fingerprint density at radius 2 is 1.81 bits per heavy atom. The molecule has 1 fully saturated rings. The zero-order valence-corrected chi connectivity index (χ0v) is 20.1. The third-order valence-corrected chi connectivity index (χ3v) is 6.03. The van der Waals surface area contributed by atoms with Crippen molar-refractivity contribution in [3.8, 4) is 22.6 Å². The van der Waals surface area contributed by atoms with Crippen molar-refractivity contribution < 1.29 is 13.9 Å². The highest BCUT2D eigenvalue weighted by molar-refractivity contribution is 5.88. The molecule has 1 aliphatic rings. The molecule has 0 saturated carbocycles. The minimum absolute atomic E-state index is 0.0288. The van der Waals surface area contributed by atoms with Crippen molar-refractivity contribution in [1.82, 2.24) is 19.4 Å². The largest absolute Gasteiger partial charge is 0.454 e. The van der Waals surface area contributed by atoms with Gasteiger partial charge in [-0.2, -0.15) is 0 Å². The molecule has 37 heavy (non-hydrogen) atoms. The first-order valence-corrected chi connectivity index (χ1v) is 11.9. The summed E-state index contributed by atoms with van der Waals surface area (Å²) in [7, 11) is 1.60. The van der Waals surface area contributed by atoms with Gasteiger partial charge in [-0.05, 0) is 48.7 Å². The summed E-state index contributed by atoms with van der Waals surface area (Å²) >= 11 is 0. The van der Waals surface area contributed by atoms with Crippen LogP contribution in [0.5, 0.6) is 11.5 Å². The van der Waals surface area contributed by atoms with Gasteiger partial charge < -0.3 is 15.0 Å². The van der Waals surface area contributed by atoms with Gasteiger partial charge in [-0.1, -0.05) is 24.3 Å². The number of carbonyl (C=O) groups is 1. The highest BCUT2D eigenvalue weighted by Gasteiger charge is 2.18.